The van der Waals surface area contributed by atoms with Gasteiger partial charge in [-0.15, -0.1) is 10.2 Å². The van der Waals surface area contributed by atoms with Crippen molar-refractivity contribution in [2.45, 2.75) is 6.04 Å². The van der Waals surface area contributed by atoms with Crippen LogP contribution in [0, 0.1) is 0 Å². The van der Waals surface area contributed by atoms with E-state index in [4.69, 9.17) is 4.74 Å². The van der Waals surface area contributed by atoms with Gasteiger partial charge in [-0.25, -0.2) is 4.98 Å². The zero-order valence-electron chi connectivity index (χ0n) is 15.0. The predicted molar refractivity (Wildman–Crippen MR) is 100 cm³/mol. The molecule has 27 heavy (non-hydrogen) atoms. The molecule has 3 N–H and O–H groups in total. The molecule has 0 bridgehead atoms. The number of aromatic amines is 1. The summed E-state index contributed by atoms with van der Waals surface area (Å²) in [5.41, 5.74) is 2.89. The number of aromatic nitrogens is 5. The largest absolute Gasteiger partial charge is 0.507 e. The molecule has 9 heteroatoms. The molecule has 0 spiro atoms. The van der Waals surface area contributed by atoms with Crippen LogP contribution >= 0.6 is 0 Å². The Morgan fingerprint density at radius 1 is 1.26 bits per heavy atom. The first-order chi connectivity index (χ1) is 13.2. The second-order valence-corrected chi connectivity index (χ2v) is 6.41. The molecule has 140 valence electrons. The van der Waals surface area contributed by atoms with Crippen molar-refractivity contribution in [2.24, 2.45) is 0 Å². The summed E-state index contributed by atoms with van der Waals surface area (Å²) >= 11 is 0. The van der Waals surface area contributed by atoms with Crippen LogP contribution in [-0.4, -0.2) is 69.9 Å². The van der Waals surface area contributed by atoms with Crippen LogP contribution in [0.2, 0.25) is 0 Å². The molecule has 0 radical (unpaired) electrons. The van der Waals surface area contributed by atoms with E-state index in [9.17, 15) is 5.11 Å². The van der Waals surface area contributed by atoms with E-state index >= 15 is 0 Å². The number of nitrogens with one attached hydrogen (secondary N) is 2. The van der Waals surface area contributed by atoms with Crippen molar-refractivity contribution in [2.75, 3.05) is 38.3 Å². The Kier molecular flexibility index (Phi) is 4.95. The van der Waals surface area contributed by atoms with E-state index in [1.54, 1.807) is 31.8 Å². The standard InChI is InChI=1S/C18H21N7O2/c1-27-11-14-10-25(5-4-19-14)18-20-9-16(23-24-18)15-3-2-12(6-17(15)26)13-7-21-22-8-13/h2-3,6-9,14,19,26H,4-5,10-11H2,1H3,(H,21,22)/t14-/m1/s1. The first-order valence-electron chi connectivity index (χ1n) is 8.74. The quantitative estimate of drug-likeness (QED) is 0.614. The average Bonchev–Trinajstić information content (AvgIpc) is 3.23. The van der Waals surface area contributed by atoms with Crippen LogP contribution in [0.3, 0.4) is 0 Å². The van der Waals surface area contributed by atoms with Crippen LogP contribution < -0.4 is 10.2 Å². The summed E-state index contributed by atoms with van der Waals surface area (Å²) in [5, 5.41) is 29.0. The van der Waals surface area contributed by atoms with E-state index in [0.29, 0.717) is 23.8 Å². The smallest absolute Gasteiger partial charge is 0.245 e. The lowest BCUT2D eigenvalue weighted by Crippen LogP contribution is -2.53. The van der Waals surface area contributed by atoms with E-state index < -0.39 is 0 Å². The van der Waals surface area contributed by atoms with Crippen molar-refractivity contribution in [3.63, 3.8) is 0 Å². The Balaban J connectivity index is 1.52. The highest BCUT2D eigenvalue weighted by molar-refractivity contribution is 5.73. The highest BCUT2D eigenvalue weighted by atomic mass is 16.5. The van der Waals surface area contributed by atoms with Crippen LogP contribution in [0.4, 0.5) is 5.95 Å². The van der Waals surface area contributed by atoms with Gasteiger partial charge in [-0.1, -0.05) is 6.07 Å². The predicted octanol–water partition coefficient (Wildman–Crippen LogP) is 1.06. The lowest BCUT2D eigenvalue weighted by atomic mass is 10.0. The first kappa shape index (κ1) is 17.4. The van der Waals surface area contributed by atoms with E-state index in [2.05, 4.69) is 35.6 Å². The normalized spacial score (nSPS) is 17.2. The number of anilines is 1. The Bertz CT molecular complexity index is 881. The molecule has 1 aliphatic rings. The first-order valence-corrected chi connectivity index (χ1v) is 8.74. The summed E-state index contributed by atoms with van der Waals surface area (Å²) in [4.78, 5) is 6.53. The van der Waals surface area contributed by atoms with Crippen molar-refractivity contribution >= 4 is 5.95 Å². The molecule has 1 aliphatic heterocycles. The maximum Gasteiger partial charge on any atom is 0.245 e. The molecule has 3 heterocycles. The highest BCUT2D eigenvalue weighted by Crippen LogP contribution is 2.31. The van der Waals surface area contributed by atoms with E-state index in [1.165, 1.54) is 0 Å². The van der Waals surface area contributed by atoms with Crippen LogP contribution in [0.5, 0.6) is 5.75 Å². The van der Waals surface area contributed by atoms with Gasteiger partial charge in [-0.3, -0.25) is 5.10 Å². The van der Waals surface area contributed by atoms with Gasteiger partial charge in [0, 0.05) is 50.1 Å². The molecular weight excluding hydrogens is 346 g/mol. The summed E-state index contributed by atoms with van der Waals surface area (Å²) in [7, 11) is 1.69. The third kappa shape index (κ3) is 3.74. The molecule has 9 nitrogen and oxygen atoms in total. The molecule has 0 amide bonds. The van der Waals surface area contributed by atoms with Crippen LogP contribution in [0.1, 0.15) is 0 Å². The molecular formula is C18H21N7O2. The number of rotatable bonds is 5. The zero-order chi connectivity index (χ0) is 18.6. The minimum atomic E-state index is 0.125. The van der Waals surface area contributed by atoms with E-state index in [1.807, 2.05) is 12.1 Å². The Morgan fingerprint density at radius 3 is 2.89 bits per heavy atom. The number of ether oxygens (including phenoxy) is 1. The second-order valence-electron chi connectivity index (χ2n) is 6.41. The van der Waals surface area contributed by atoms with Gasteiger partial charge < -0.3 is 20.1 Å². The van der Waals surface area contributed by atoms with Crippen LogP contribution in [0.25, 0.3) is 22.4 Å². The number of hydrogen-bond donors (Lipinski definition) is 3. The summed E-state index contributed by atoms with van der Waals surface area (Å²) in [5.74, 6) is 0.704. The Hall–Kier alpha value is -3.04. The fourth-order valence-electron chi connectivity index (χ4n) is 3.19. The number of aromatic hydroxyl groups is 1. The number of phenols is 1. The van der Waals surface area contributed by atoms with E-state index in [-0.39, 0.29) is 11.8 Å². The molecule has 0 aliphatic carbocycles. The van der Waals surface area contributed by atoms with Crippen LogP contribution in [-0.2, 0) is 4.74 Å². The third-order valence-electron chi connectivity index (χ3n) is 4.56. The third-order valence-corrected chi connectivity index (χ3v) is 4.56. The topological polar surface area (TPSA) is 112 Å². The van der Waals surface area contributed by atoms with Crippen molar-refractivity contribution in [3.05, 3.63) is 36.8 Å². The molecule has 1 fully saturated rings. The molecule has 3 aromatic rings. The summed E-state index contributed by atoms with van der Waals surface area (Å²) in [6.45, 7) is 3.06. The van der Waals surface area contributed by atoms with Crippen molar-refractivity contribution in [3.8, 4) is 28.1 Å². The minimum absolute atomic E-state index is 0.125. The molecule has 1 atom stereocenters. The van der Waals surface area contributed by atoms with Gasteiger partial charge in [-0.05, 0) is 17.7 Å². The molecule has 0 unspecified atom stereocenters. The number of phenolic OH excluding ortho intramolecular Hbond substituents is 1. The molecule has 4 rings (SSSR count). The minimum Gasteiger partial charge on any atom is -0.507 e. The summed E-state index contributed by atoms with van der Waals surface area (Å²) in [6.07, 6.45) is 5.12. The Labute approximate surface area is 156 Å². The maximum atomic E-state index is 10.4. The second kappa shape index (κ2) is 7.68. The Morgan fingerprint density at radius 2 is 2.19 bits per heavy atom. The molecule has 1 saturated heterocycles. The maximum absolute atomic E-state index is 10.4. The number of H-pyrrole nitrogens is 1. The van der Waals surface area contributed by atoms with Crippen molar-refractivity contribution in [1.29, 1.82) is 0 Å². The van der Waals surface area contributed by atoms with Gasteiger partial charge in [0.25, 0.3) is 0 Å². The molecule has 0 saturated carbocycles. The number of benzene rings is 1. The SMILES string of the molecule is COC[C@H]1CN(c2ncc(-c3ccc(-c4cn[nH]c4)cc3O)nn2)CCN1. The van der Waals surface area contributed by atoms with Crippen molar-refractivity contribution < 1.29 is 9.84 Å². The van der Waals surface area contributed by atoms with Crippen molar-refractivity contribution in [1.82, 2.24) is 30.7 Å². The molecule has 1 aromatic carbocycles. The van der Waals surface area contributed by atoms with Crippen LogP contribution in [0.15, 0.2) is 36.8 Å². The van der Waals surface area contributed by atoms with Gasteiger partial charge >= 0.3 is 0 Å². The summed E-state index contributed by atoms with van der Waals surface area (Å²) in [6, 6.07) is 5.64. The van der Waals surface area contributed by atoms with Gasteiger partial charge in [0.15, 0.2) is 0 Å². The van der Waals surface area contributed by atoms with Gasteiger partial charge in [-0.2, -0.15) is 5.10 Å². The van der Waals surface area contributed by atoms with Gasteiger partial charge in [0.1, 0.15) is 11.4 Å². The lowest BCUT2D eigenvalue weighted by molar-refractivity contribution is 0.163. The number of hydrogen-bond acceptors (Lipinski definition) is 8. The fourth-order valence-corrected chi connectivity index (χ4v) is 3.19. The summed E-state index contributed by atoms with van der Waals surface area (Å²) < 4.78 is 5.21. The van der Waals surface area contributed by atoms with Gasteiger partial charge in [0.05, 0.1) is 19.0 Å². The average molecular weight is 367 g/mol. The fraction of sp³-hybridized carbons (Fsp3) is 0.333. The highest BCUT2D eigenvalue weighted by Gasteiger charge is 2.21. The number of methoxy groups -OCH3 is 1. The van der Waals surface area contributed by atoms with Gasteiger partial charge in [0.2, 0.25) is 5.95 Å². The van der Waals surface area contributed by atoms with E-state index in [0.717, 1.165) is 30.8 Å². The zero-order valence-corrected chi connectivity index (χ0v) is 15.0. The lowest BCUT2D eigenvalue weighted by Gasteiger charge is -2.33. The number of nitrogens with zero attached hydrogens (tertiary/aromatic N) is 5. The monoisotopic (exact) mass is 367 g/mol. The number of piperazine rings is 1. The molecule has 2 aromatic heterocycles.